The summed E-state index contributed by atoms with van der Waals surface area (Å²) in [6.07, 6.45) is 1.46. The monoisotopic (exact) mass is 313 g/mol. The number of likely N-dealkylation sites (N-methyl/N-ethyl adjacent to an activating group) is 1. The second-order valence-electron chi connectivity index (χ2n) is 6.01. The third kappa shape index (κ3) is 2.80. The molecule has 1 unspecified atom stereocenters. The van der Waals surface area contributed by atoms with E-state index >= 15 is 0 Å². The van der Waals surface area contributed by atoms with Crippen LogP contribution in [0.25, 0.3) is 0 Å². The van der Waals surface area contributed by atoms with Gasteiger partial charge in [-0.15, -0.1) is 0 Å². The number of ether oxygens (including phenoxy) is 2. The Morgan fingerprint density at radius 3 is 2.57 bits per heavy atom. The van der Waals surface area contributed by atoms with Gasteiger partial charge in [-0.2, -0.15) is 0 Å². The first kappa shape index (κ1) is 15.8. The highest BCUT2D eigenvalue weighted by Crippen LogP contribution is 2.37. The fourth-order valence-electron chi connectivity index (χ4n) is 3.31. The maximum atomic E-state index is 11.4. The molecule has 0 fully saturated rings. The molecule has 0 saturated carbocycles. The third-order valence-electron chi connectivity index (χ3n) is 4.70. The van der Waals surface area contributed by atoms with Gasteiger partial charge in [-0.05, 0) is 36.7 Å². The number of hydrogen-bond donors (Lipinski definition) is 1. The molecule has 4 nitrogen and oxygen atoms in total. The number of hydrogen-bond acceptors (Lipinski definition) is 4. The van der Waals surface area contributed by atoms with Gasteiger partial charge >= 0.3 is 0 Å². The van der Waals surface area contributed by atoms with Crippen molar-refractivity contribution in [2.45, 2.75) is 18.6 Å². The first-order valence-corrected chi connectivity index (χ1v) is 7.81. The van der Waals surface area contributed by atoms with Crippen molar-refractivity contribution in [3.63, 3.8) is 0 Å². The van der Waals surface area contributed by atoms with E-state index in [0.717, 1.165) is 24.1 Å². The Bertz CT molecular complexity index is 701. The van der Waals surface area contributed by atoms with Crippen LogP contribution in [0.4, 0.5) is 0 Å². The van der Waals surface area contributed by atoms with Crippen molar-refractivity contribution in [3.05, 3.63) is 59.2 Å². The maximum absolute atomic E-state index is 11.4. The van der Waals surface area contributed by atoms with Gasteiger partial charge in [0, 0.05) is 18.5 Å². The Morgan fingerprint density at radius 2 is 1.83 bits per heavy atom. The van der Waals surface area contributed by atoms with E-state index < -0.39 is 5.72 Å². The van der Waals surface area contributed by atoms with Crippen LogP contribution in [0.3, 0.4) is 0 Å². The summed E-state index contributed by atoms with van der Waals surface area (Å²) in [4.78, 5) is 2.02. The Kier molecular flexibility index (Phi) is 4.28. The fraction of sp³-hybridized carbons (Fsp3) is 0.368. The molecule has 0 amide bonds. The molecule has 23 heavy (non-hydrogen) atoms. The van der Waals surface area contributed by atoms with Crippen molar-refractivity contribution in [1.82, 2.24) is 4.90 Å². The van der Waals surface area contributed by atoms with E-state index in [4.69, 9.17) is 9.47 Å². The topological polar surface area (TPSA) is 41.9 Å². The highest BCUT2D eigenvalue weighted by molar-refractivity contribution is 5.44. The molecule has 122 valence electrons. The predicted octanol–water partition coefficient (Wildman–Crippen LogP) is 2.58. The first-order valence-electron chi connectivity index (χ1n) is 7.81. The zero-order valence-electron chi connectivity index (χ0n) is 13.9. The van der Waals surface area contributed by atoms with Crippen LogP contribution in [0, 0.1) is 0 Å². The minimum absolute atomic E-state index is 0.501. The second kappa shape index (κ2) is 6.22. The molecule has 1 aliphatic rings. The van der Waals surface area contributed by atoms with Crippen LogP contribution >= 0.6 is 0 Å². The summed E-state index contributed by atoms with van der Waals surface area (Å²) in [5.41, 5.74) is 2.21. The van der Waals surface area contributed by atoms with Crippen LogP contribution < -0.4 is 9.47 Å². The van der Waals surface area contributed by atoms with Crippen molar-refractivity contribution >= 4 is 0 Å². The summed E-state index contributed by atoms with van der Waals surface area (Å²) in [5, 5.41) is 11.4. The SMILES string of the molecule is COc1ccc(CC2(O)c3ccccc3CCN2C)cc1OC. The van der Waals surface area contributed by atoms with Gasteiger partial charge in [0.2, 0.25) is 0 Å². The van der Waals surface area contributed by atoms with E-state index in [-0.39, 0.29) is 0 Å². The highest BCUT2D eigenvalue weighted by Gasteiger charge is 2.38. The highest BCUT2D eigenvalue weighted by atomic mass is 16.5. The van der Waals surface area contributed by atoms with Gasteiger partial charge in [-0.3, -0.25) is 4.90 Å². The Balaban J connectivity index is 1.98. The molecule has 0 saturated heterocycles. The zero-order valence-corrected chi connectivity index (χ0v) is 13.9. The molecule has 1 heterocycles. The summed E-state index contributed by atoms with van der Waals surface area (Å²) < 4.78 is 10.7. The molecule has 1 N–H and O–H groups in total. The lowest BCUT2D eigenvalue weighted by molar-refractivity contribution is -0.109. The molecule has 1 atom stereocenters. The average molecular weight is 313 g/mol. The maximum Gasteiger partial charge on any atom is 0.160 e. The van der Waals surface area contributed by atoms with E-state index in [1.165, 1.54) is 5.56 Å². The number of rotatable bonds is 4. The molecule has 0 radical (unpaired) electrons. The molecule has 2 aromatic carbocycles. The van der Waals surface area contributed by atoms with Crippen molar-refractivity contribution in [2.24, 2.45) is 0 Å². The first-order chi connectivity index (χ1) is 11.1. The molecule has 3 rings (SSSR count). The summed E-state index contributed by atoms with van der Waals surface area (Å²) in [5.74, 6) is 1.38. The minimum Gasteiger partial charge on any atom is -0.493 e. The van der Waals surface area contributed by atoms with Crippen LogP contribution in [0.5, 0.6) is 11.5 Å². The molecule has 0 bridgehead atoms. The summed E-state index contributed by atoms with van der Waals surface area (Å²) >= 11 is 0. The summed E-state index contributed by atoms with van der Waals surface area (Å²) in [7, 11) is 5.21. The van der Waals surface area contributed by atoms with Crippen molar-refractivity contribution in [1.29, 1.82) is 0 Å². The average Bonchev–Trinajstić information content (AvgIpc) is 2.58. The Morgan fingerprint density at radius 1 is 1.09 bits per heavy atom. The van der Waals surface area contributed by atoms with E-state index in [1.54, 1.807) is 14.2 Å². The molecule has 0 aromatic heterocycles. The summed E-state index contributed by atoms with van der Waals surface area (Å²) in [6.45, 7) is 0.834. The van der Waals surface area contributed by atoms with Crippen LogP contribution in [0.2, 0.25) is 0 Å². The number of fused-ring (bicyclic) bond motifs is 1. The van der Waals surface area contributed by atoms with E-state index in [0.29, 0.717) is 17.9 Å². The third-order valence-corrected chi connectivity index (χ3v) is 4.70. The number of methoxy groups -OCH3 is 2. The summed E-state index contributed by atoms with van der Waals surface area (Å²) in [6, 6.07) is 13.9. The minimum atomic E-state index is -1.01. The van der Waals surface area contributed by atoms with Crippen LogP contribution in [0.1, 0.15) is 16.7 Å². The van der Waals surface area contributed by atoms with Gasteiger partial charge in [-0.1, -0.05) is 30.3 Å². The van der Waals surface area contributed by atoms with E-state index in [1.807, 2.05) is 48.3 Å². The van der Waals surface area contributed by atoms with Crippen molar-refractivity contribution in [2.75, 3.05) is 27.8 Å². The molecule has 0 aliphatic carbocycles. The standard InChI is InChI=1S/C19H23NO3/c1-20-11-10-15-6-4-5-7-16(15)19(20,21)13-14-8-9-17(22-2)18(12-14)23-3/h4-9,12,21H,10-11,13H2,1-3H3. The van der Waals surface area contributed by atoms with Crippen LogP contribution in [-0.2, 0) is 18.6 Å². The Hall–Kier alpha value is -2.04. The zero-order chi connectivity index (χ0) is 16.4. The number of benzene rings is 2. The van der Waals surface area contributed by atoms with Crippen LogP contribution in [-0.4, -0.2) is 37.8 Å². The lowest BCUT2D eigenvalue weighted by Crippen LogP contribution is -2.49. The molecule has 4 heteroatoms. The van der Waals surface area contributed by atoms with Gasteiger partial charge in [0.05, 0.1) is 14.2 Å². The lowest BCUT2D eigenvalue weighted by Gasteiger charge is -2.42. The lowest BCUT2D eigenvalue weighted by atomic mass is 9.85. The van der Waals surface area contributed by atoms with Gasteiger partial charge in [0.1, 0.15) is 5.72 Å². The molecule has 2 aromatic rings. The number of nitrogens with zero attached hydrogens (tertiary/aromatic N) is 1. The number of aliphatic hydroxyl groups is 1. The van der Waals surface area contributed by atoms with Gasteiger partial charge in [0.15, 0.2) is 11.5 Å². The van der Waals surface area contributed by atoms with Crippen molar-refractivity contribution in [3.8, 4) is 11.5 Å². The van der Waals surface area contributed by atoms with Crippen molar-refractivity contribution < 1.29 is 14.6 Å². The molecular formula is C19H23NO3. The van der Waals surface area contributed by atoms with Gasteiger partial charge in [-0.25, -0.2) is 0 Å². The fourth-order valence-corrected chi connectivity index (χ4v) is 3.31. The van der Waals surface area contributed by atoms with Gasteiger partial charge in [0.25, 0.3) is 0 Å². The molecule has 0 spiro atoms. The largest absolute Gasteiger partial charge is 0.493 e. The molecular weight excluding hydrogens is 290 g/mol. The normalized spacial score (nSPS) is 20.9. The smallest absolute Gasteiger partial charge is 0.160 e. The van der Waals surface area contributed by atoms with E-state index in [2.05, 4.69) is 6.07 Å². The molecule has 1 aliphatic heterocycles. The quantitative estimate of drug-likeness (QED) is 0.942. The second-order valence-corrected chi connectivity index (χ2v) is 6.01. The van der Waals surface area contributed by atoms with Crippen LogP contribution in [0.15, 0.2) is 42.5 Å². The van der Waals surface area contributed by atoms with E-state index in [9.17, 15) is 5.11 Å². The van der Waals surface area contributed by atoms with Gasteiger partial charge < -0.3 is 14.6 Å². The predicted molar refractivity (Wildman–Crippen MR) is 89.9 cm³/mol. The Labute approximate surface area is 137 Å².